The zero-order valence-electron chi connectivity index (χ0n) is 17.7. The van der Waals surface area contributed by atoms with Gasteiger partial charge in [-0.1, -0.05) is 30.3 Å². The first-order valence-corrected chi connectivity index (χ1v) is 10.4. The minimum atomic E-state index is -0.375. The summed E-state index contributed by atoms with van der Waals surface area (Å²) in [6, 6.07) is 20.6. The average Bonchev–Trinajstić information content (AvgIpc) is 2.80. The fourth-order valence-corrected chi connectivity index (χ4v) is 3.80. The predicted molar refractivity (Wildman–Crippen MR) is 120 cm³/mol. The van der Waals surface area contributed by atoms with Crippen LogP contribution in [0.5, 0.6) is 17.2 Å². The number of anilines is 1. The molecule has 0 spiro atoms. The first-order valence-electron chi connectivity index (χ1n) is 10.4. The molecule has 31 heavy (non-hydrogen) atoms. The molecule has 0 saturated carbocycles. The molecule has 160 valence electrons. The molecule has 1 amide bonds. The summed E-state index contributed by atoms with van der Waals surface area (Å²) < 4.78 is 10.8. The number of phenols is 1. The van der Waals surface area contributed by atoms with Gasteiger partial charge in [0.05, 0.1) is 19.3 Å². The van der Waals surface area contributed by atoms with Crippen LogP contribution in [0.1, 0.15) is 34.6 Å². The highest BCUT2D eigenvalue weighted by Gasteiger charge is 2.33. The summed E-state index contributed by atoms with van der Waals surface area (Å²) in [6.45, 7) is 2.84. The molecule has 6 nitrogen and oxygen atoms in total. The van der Waals surface area contributed by atoms with Gasteiger partial charge in [-0.2, -0.15) is 0 Å². The number of hydrogen-bond acceptors (Lipinski definition) is 5. The van der Waals surface area contributed by atoms with Crippen molar-refractivity contribution in [3.8, 4) is 17.2 Å². The Morgan fingerprint density at radius 3 is 2.58 bits per heavy atom. The smallest absolute Gasteiger partial charge is 0.257 e. The minimum absolute atomic E-state index is 0.0288. The molecule has 1 atom stereocenters. The van der Waals surface area contributed by atoms with Crippen LogP contribution in [0.3, 0.4) is 0 Å². The molecule has 0 aliphatic carbocycles. The summed E-state index contributed by atoms with van der Waals surface area (Å²) in [5.41, 5.74) is 3.41. The van der Waals surface area contributed by atoms with Crippen molar-refractivity contribution in [2.45, 2.75) is 19.5 Å². The third-order valence-electron chi connectivity index (χ3n) is 5.42. The number of aromatic hydroxyl groups is 1. The van der Waals surface area contributed by atoms with Crippen LogP contribution in [0.4, 0.5) is 5.69 Å². The van der Waals surface area contributed by atoms with Crippen LogP contribution < -0.4 is 14.8 Å². The summed E-state index contributed by atoms with van der Waals surface area (Å²) in [7, 11) is 1.64. The lowest BCUT2D eigenvalue weighted by atomic mass is 10.0. The largest absolute Gasteiger partial charge is 0.504 e. The first-order chi connectivity index (χ1) is 15.1. The van der Waals surface area contributed by atoms with Gasteiger partial charge in [0, 0.05) is 12.2 Å². The number of benzene rings is 3. The van der Waals surface area contributed by atoms with E-state index in [1.807, 2.05) is 66.4 Å². The average molecular weight is 418 g/mol. The highest BCUT2D eigenvalue weighted by atomic mass is 16.5. The van der Waals surface area contributed by atoms with Crippen LogP contribution in [-0.2, 0) is 6.42 Å². The molecule has 1 aliphatic heterocycles. The number of rotatable bonds is 7. The first kappa shape index (κ1) is 20.6. The lowest BCUT2D eigenvalue weighted by molar-refractivity contribution is 0.0685. The fraction of sp³-hybridized carbons (Fsp3) is 0.240. The van der Waals surface area contributed by atoms with E-state index in [-0.39, 0.29) is 17.8 Å². The molecule has 3 aromatic carbocycles. The highest BCUT2D eigenvalue weighted by Crippen LogP contribution is 2.36. The van der Waals surface area contributed by atoms with Gasteiger partial charge in [-0.3, -0.25) is 4.79 Å². The standard InChI is InChI=1S/C25H26N2O4/c1-3-31-23-16-18(10-13-22(23)28)24-26-21-7-5-4-6-20(21)25(29)27(24)15-14-17-8-11-19(30-2)12-9-17/h4-13,16,24,26,28H,3,14-15H2,1-2H3/t24-/m0/s1. The van der Waals surface area contributed by atoms with Crippen molar-refractivity contribution in [3.05, 3.63) is 83.4 Å². The molecule has 0 fully saturated rings. The highest BCUT2D eigenvalue weighted by molar-refractivity contribution is 6.01. The summed E-state index contributed by atoms with van der Waals surface area (Å²) >= 11 is 0. The van der Waals surface area contributed by atoms with E-state index < -0.39 is 0 Å². The van der Waals surface area contributed by atoms with E-state index >= 15 is 0 Å². The fourth-order valence-electron chi connectivity index (χ4n) is 3.80. The van der Waals surface area contributed by atoms with E-state index in [1.54, 1.807) is 19.2 Å². The number of phenolic OH excluding ortho intramolecular Hbond substituents is 1. The third kappa shape index (κ3) is 4.28. The molecule has 0 bridgehead atoms. The maximum Gasteiger partial charge on any atom is 0.257 e. The molecule has 0 radical (unpaired) electrons. The third-order valence-corrected chi connectivity index (χ3v) is 5.42. The van der Waals surface area contributed by atoms with E-state index in [9.17, 15) is 9.90 Å². The molecule has 0 saturated heterocycles. The molecule has 1 aliphatic rings. The van der Waals surface area contributed by atoms with Crippen LogP contribution >= 0.6 is 0 Å². The zero-order chi connectivity index (χ0) is 21.8. The Morgan fingerprint density at radius 1 is 1.06 bits per heavy atom. The van der Waals surface area contributed by atoms with E-state index in [0.717, 1.165) is 22.6 Å². The number of hydrogen-bond donors (Lipinski definition) is 2. The van der Waals surface area contributed by atoms with Gasteiger partial charge in [-0.05, 0) is 60.9 Å². The maximum atomic E-state index is 13.4. The van der Waals surface area contributed by atoms with E-state index in [4.69, 9.17) is 9.47 Å². The SMILES string of the molecule is CCOc1cc([C@H]2Nc3ccccc3C(=O)N2CCc2ccc(OC)cc2)ccc1O. The second kappa shape index (κ2) is 9.00. The number of methoxy groups -OCH3 is 1. The monoisotopic (exact) mass is 418 g/mol. The van der Waals surface area contributed by atoms with Crippen LogP contribution in [0, 0.1) is 0 Å². The van der Waals surface area contributed by atoms with Gasteiger partial charge in [0.15, 0.2) is 11.5 Å². The molecule has 4 rings (SSSR count). The Kier molecular flexibility index (Phi) is 5.98. The van der Waals surface area contributed by atoms with Crippen molar-refractivity contribution in [1.29, 1.82) is 0 Å². The lowest BCUT2D eigenvalue weighted by Crippen LogP contribution is -2.44. The normalized spacial score (nSPS) is 15.2. The second-order valence-electron chi connectivity index (χ2n) is 7.35. The van der Waals surface area contributed by atoms with Gasteiger partial charge >= 0.3 is 0 Å². The summed E-state index contributed by atoms with van der Waals surface area (Å²) in [5, 5.41) is 13.6. The Labute approximate surface area is 182 Å². The van der Waals surface area contributed by atoms with Crippen molar-refractivity contribution >= 4 is 11.6 Å². The number of nitrogens with one attached hydrogen (secondary N) is 1. The molecular formula is C25H26N2O4. The van der Waals surface area contributed by atoms with Gasteiger partial charge in [-0.15, -0.1) is 0 Å². The molecule has 6 heteroatoms. The second-order valence-corrected chi connectivity index (χ2v) is 7.35. The topological polar surface area (TPSA) is 71.0 Å². The Bertz CT molecular complexity index is 1070. The molecule has 0 aromatic heterocycles. The van der Waals surface area contributed by atoms with Gasteiger partial charge in [0.1, 0.15) is 11.9 Å². The maximum absolute atomic E-state index is 13.4. The van der Waals surface area contributed by atoms with E-state index in [0.29, 0.717) is 30.9 Å². The van der Waals surface area contributed by atoms with E-state index in [2.05, 4.69) is 5.32 Å². The molecular weight excluding hydrogens is 392 g/mol. The number of nitrogens with zero attached hydrogens (tertiary/aromatic N) is 1. The van der Waals surface area contributed by atoms with Gasteiger partial charge in [-0.25, -0.2) is 0 Å². The van der Waals surface area contributed by atoms with Crippen LogP contribution in [-0.4, -0.2) is 36.2 Å². The summed E-state index contributed by atoms with van der Waals surface area (Å²) in [6.07, 6.45) is 0.326. The summed E-state index contributed by atoms with van der Waals surface area (Å²) in [5.74, 6) is 1.26. The van der Waals surface area contributed by atoms with Crippen LogP contribution in [0.2, 0.25) is 0 Å². The van der Waals surface area contributed by atoms with Gasteiger partial charge < -0.3 is 24.8 Å². The van der Waals surface area contributed by atoms with Crippen molar-refractivity contribution in [1.82, 2.24) is 4.90 Å². The van der Waals surface area contributed by atoms with Gasteiger partial charge in [0.2, 0.25) is 0 Å². The Morgan fingerprint density at radius 2 is 1.84 bits per heavy atom. The molecule has 0 unspecified atom stereocenters. The predicted octanol–water partition coefficient (Wildman–Crippen LogP) is 4.61. The lowest BCUT2D eigenvalue weighted by Gasteiger charge is -2.38. The number of carbonyl (C=O) groups excluding carboxylic acids is 1. The number of carbonyl (C=O) groups is 1. The van der Waals surface area contributed by atoms with Gasteiger partial charge in [0.25, 0.3) is 5.91 Å². The minimum Gasteiger partial charge on any atom is -0.504 e. The number of amides is 1. The van der Waals surface area contributed by atoms with Crippen LogP contribution in [0.15, 0.2) is 66.7 Å². The zero-order valence-corrected chi connectivity index (χ0v) is 17.7. The molecule has 1 heterocycles. The van der Waals surface area contributed by atoms with Crippen molar-refractivity contribution in [2.75, 3.05) is 25.6 Å². The Balaban J connectivity index is 1.65. The van der Waals surface area contributed by atoms with Crippen molar-refractivity contribution in [3.63, 3.8) is 0 Å². The van der Waals surface area contributed by atoms with E-state index in [1.165, 1.54) is 0 Å². The number of para-hydroxylation sites is 1. The van der Waals surface area contributed by atoms with Crippen molar-refractivity contribution in [2.24, 2.45) is 0 Å². The Hall–Kier alpha value is -3.67. The van der Waals surface area contributed by atoms with Crippen LogP contribution in [0.25, 0.3) is 0 Å². The molecule has 2 N–H and O–H groups in total. The summed E-state index contributed by atoms with van der Waals surface area (Å²) in [4.78, 5) is 15.2. The number of fused-ring (bicyclic) bond motifs is 1. The number of ether oxygens (including phenoxy) is 2. The molecule has 3 aromatic rings. The quantitative estimate of drug-likeness (QED) is 0.586. The van der Waals surface area contributed by atoms with Crippen molar-refractivity contribution < 1.29 is 19.4 Å².